The van der Waals surface area contributed by atoms with Crippen molar-refractivity contribution in [3.63, 3.8) is 0 Å². The first-order valence-electron chi connectivity index (χ1n) is 6.08. The lowest BCUT2D eigenvalue weighted by atomic mass is 10.2. The third-order valence-corrected chi connectivity index (χ3v) is 3.27. The Kier molecular flexibility index (Phi) is 4.42. The average Bonchev–Trinajstić information content (AvgIpc) is 2.38. The minimum absolute atomic E-state index is 0.126. The second kappa shape index (κ2) is 6.09. The highest BCUT2D eigenvalue weighted by molar-refractivity contribution is 9.10. The topological polar surface area (TPSA) is 77.1 Å². The number of carbonyl (C=O) groups is 1. The van der Waals surface area contributed by atoms with Crippen LogP contribution < -0.4 is 16.6 Å². The maximum Gasteiger partial charge on any atom is 0.253 e. The van der Waals surface area contributed by atoms with Gasteiger partial charge in [0.25, 0.3) is 5.56 Å². The number of nitrogens with zero attached hydrogens (tertiary/aromatic N) is 1. The molecule has 0 aliphatic rings. The summed E-state index contributed by atoms with van der Waals surface area (Å²) in [6.07, 6.45) is 1.53. The van der Waals surface area contributed by atoms with E-state index in [-0.39, 0.29) is 17.8 Å². The lowest BCUT2D eigenvalue weighted by Gasteiger charge is -2.10. The number of anilines is 2. The smallest absolute Gasteiger partial charge is 0.253 e. The van der Waals surface area contributed by atoms with Gasteiger partial charge in [-0.2, -0.15) is 0 Å². The van der Waals surface area contributed by atoms with Crippen LogP contribution in [0, 0.1) is 12.7 Å². The molecule has 1 amide bonds. The Balaban J connectivity index is 2.17. The van der Waals surface area contributed by atoms with Crippen LogP contribution in [0.25, 0.3) is 0 Å². The summed E-state index contributed by atoms with van der Waals surface area (Å²) in [6.45, 7) is 1.51. The van der Waals surface area contributed by atoms with Crippen LogP contribution in [0.2, 0.25) is 0 Å². The van der Waals surface area contributed by atoms with E-state index in [4.69, 9.17) is 5.73 Å². The number of nitrogens with two attached hydrogens (primary N) is 1. The third kappa shape index (κ3) is 3.69. The molecule has 1 heterocycles. The maximum absolute atomic E-state index is 12.9. The second-order valence-corrected chi connectivity index (χ2v) is 5.47. The molecule has 0 aliphatic heterocycles. The van der Waals surface area contributed by atoms with Crippen LogP contribution in [0.5, 0.6) is 0 Å². The summed E-state index contributed by atoms with van der Waals surface area (Å²) in [5.41, 5.74) is 6.32. The van der Waals surface area contributed by atoms with Crippen molar-refractivity contribution in [3.8, 4) is 0 Å². The summed E-state index contributed by atoms with van der Waals surface area (Å²) in [5.74, 6) is -0.905. The van der Waals surface area contributed by atoms with Gasteiger partial charge in [-0.25, -0.2) is 4.39 Å². The molecule has 0 aliphatic carbocycles. The van der Waals surface area contributed by atoms with Crippen LogP contribution in [0.3, 0.4) is 0 Å². The number of rotatable bonds is 3. The van der Waals surface area contributed by atoms with Gasteiger partial charge in [0.15, 0.2) is 0 Å². The van der Waals surface area contributed by atoms with Crippen LogP contribution in [0.1, 0.15) is 5.56 Å². The van der Waals surface area contributed by atoms with Crippen molar-refractivity contribution in [1.82, 2.24) is 4.57 Å². The van der Waals surface area contributed by atoms with E-state index in [1.165, 1.54) is 22.9 Å². The molecule has 7 heteroatoms. The minimum Gasteiger partial charge on any atom is -0.397 e. The molecule has 1 aromatic heterocycles. The molecule has 1 aromatic carbocycles. The third-order valence-electron chi connectivity index (χ3n) is 2.83. The molecule has 0 spiro atoms. The van der Waals surface area contributed by atoms with Gasteiger partial charge in [-0.1, -0.05) is 0 Å². The Morgan fingerprint density at radius 2 is 2.14 bits per heavy atom. The largest absolute Gasteiger partial charge is 0.397 e. The fraction of sp³-hybridized carbons (Fsp3) is 0.143. The first-order chi connectivity index (χ1) is 9.86. The number of nitrogen functional groups attached to an aromatic ring is 1. The van der Waals surface area contributed by atoms with Crippen molar-refractivity contribution in [3.05, 3.63) is 56.7 Å². The van der Waals surface area contributed by atoms with Crippen molar-refractivity contribution < 1.29 is 9.18 Å². The van der Waals surface area contributed by atoms with Gasteiger partial charge in [0.05, 0.1) is 11.4 Å². The number of hydrogen-bond donors (Lipinski definition) is 2. The molecule has 2 rings (SSSR count). The summed E-state index contributed by atoms with van der Waals surface area (Å²) in [7, 11) is 0. The molecule has 2 aromatic rings. The fourth-order valence-corrected chi connectivity index (χ4v) is 2.44. The van der Waals surface area contributed by atoms with E-state index in [0.29, 0.717) is 15.7 Å². The van der Waals surface area contributed by atoms with E-state index in [9.17, 15) is 14.0 Å². The number of aryl methyl sites for hydroxylation is 1. The predicted octanol–water partition coefficient (Wildman–Crippen LogP) is 2.28. The fourth-order valence-electron chi connectivity index (χ4n) is 1.85. The molecule has 3 N–H and O–H groups in total. The summed E-state index contributed by atoms with van der Waals surface area (Å²) in [5, 5.41) is 2.55. The van der Waals surface area contributed by atoms with Crippen LogP contribution >= 0.6 is 15.9 Å². The molecule has 0 bridgehead atoms. The molecule has 21 heavy (non-hydrogen) atoms. The standard InChI is InChI=1S/C14H13BrFN3O2/c1-8-4-9(15)6-19(14(8)21)7-13(20)18-12-3-2-10(16)5-11(12)17/h2-6H,7,17H2,1H3,(H,18,20). The van der Waals surface area contributed by atoms with Crippen molar-refractivity contribution in [2.75, 3.05) is 11.1 Å². The number of hydrogen-bond acceptors (Lipinski definition) is 3. The molecular formula is C14H13BrFN3O2. The highest BCUT2D eigenvalue weighted by atomic mass is 79.9. The Morgan fingerprint density at radius 1 is 1.43 bits per heavy atom. The number of pyridine rings is 1. The number of halogens is 2. The lowest BCUT2D eigenvalue weighted by molar-refractivity contribution is -0.116. The van der Waals surface area contributed by atoms with Gasteiger partial charge in [0.1, 0.15) is 12.4 Å². The summed E-state index contributed by atoms with van der Waals surface area (Å²) in [4.78, 5) is 23.9. The Labute approximate surface area is 128 Å². The summed E-state index contributed by atoms with van der Waals surface area (Å²) in [6, 6.07) is 5.36. The maximum atomic E-state index is 12.9. The van der Waals surface area contributed by atoms with Gasteiger partial charge in [-0.05, 0) is 47.1 Å². The zero-order valence-corrected chi connectivity index (χ0v) is 12.8. The van der Waals surface area contributed by atoms with Gasteiger partial charge in [-0.15, -0.1) is 0 Å². The Morgan fingerprint density at radius 3 is 2.81 bits per heavy atom. The zero-order chi connectivity index (χ0) is 15.6. The molecular weight excluding hydrogens is 341 g/mol. The first-order valence-corrected chi connectivity index (χ1v) is 6.87. The number of aromatic nitrogens is 1. The SMILES string of the molecule is Cc1cc(Br)cn(CC(=O)Nc2ccc(F)cc2N)c1=O. The van der Waals surface area contributed by atoms with Crippen molar-refractivity contribution in [2.45, 2.75) is 13.5 Å². The van der Waals surface area contributed by atoms with Gasteiger partial charge in [-0.3, -0.25) is 9.59 Å². The number of nitrogens with one attached hydrogen (secondary N) is 1. The molecule has 110 valence electrons. The van der Waals surface area contributed by atoms with E-state index >= 15 is 0 Å². The number of benzene rings is 1. The second-order valence-electron chi connectivity index (χ2n) is 4.55. The molecule has 5 nitrogen and oxygen atoms in total. The van der Waals surface area contributed by atoms with Gasteiger partial charge < -0.3 is 15.6 Å². The van der Waals surface area contributed by atoms with E-state index in [2.05, 4.69) is 21.2 Å². The van der Waals surface area contributed by atoms with E-state index in [0.717, 1.165) is 6.07 Å². The van der Waals surface area contributed by atoms with Crippen LogP contribution in [-0.2, 0) is 11.3 Å². The van der Waals surface area contributed by atoms with Crippen LogP contribution in [0.4, 0.5) is 15.8 Å². The Bertz CT molecular complexity index is 758. The van der Waals surface area contributed by atoms with Crippen molar-refractivity contribution in [2.24, 2.45) is 0 Å². The number of amides is 1. The van der Waals surface area contributed by atoms with Gasteiger partial charge >= 0.3 is 0 Å². The Hall–Kier alpha value is -2.15. The van der Waals surface area contributed by atoms with E-state index < -0.39 is 11.7 Å². The van der Waals surface area contributed by atoms with Crippen molar-refractivity contribution in [1.29, 1.82) is 0 Å². The van der Waals surface area contributed by atoms with Crippen LogP contribution in [0.15, 0.2) is 39.7 Å². The highest BCUT2D eigenvalue weighted by Crippen LogP contribution is 2.19. The minimum atomic E-state index is -0.482. The molecule has 0 saturated heterocycles. The molecule has 0 unspecified atom stereocenters. The molecule has 0 radical (unpaired) electrons. The monoisotopic (exact) mass is 353 g/mol. The summed E-state index contributed by atoms with van der Waals surface area (Å²) < 4.78 is 14.9. The van der Waals surface area contributed by atoms with Gasteiger partial charge in [0, 0.05) is 16.2 Å². The molecule has 0 fully saturated rings. The number of carbonyl (C=O) groups excluding carboxylic acids is 1. The lowest BCUT2D eigenvalue weighted by Crippen LogP contribution is -2.28. The van der Waals surface area contributed by atoms with Crippen LogP contribution in [-0.4, -0.2) is 10.5 Å². The van der Waals surface area contributed by atoms with Crippen molar-refractivity contribution >= 4 is 33.2 Å². The van der Waals surface area contributed by atoms with E-state index in [1.807, 2.05) is 0 Å². The quantitative estimate of drug-likeness (QED) is 0.831. The van der Waals surface area contributed by atoms with Gasteiger partial charge in [0.2, 0.25) is 5.91 Å². The normalized spacial score (nSPS) is 10.4. The average molecular weight is 354 g/mol. The first kappa shape index (κ1) is 15.2. The molecule has 0 atom stereocenters. The predicted molar refractivity (Wildman–Crippen MR) is 82.6 cm³/mol. The summed E-state index contributed by atoms with van der Waals surface area (Å²) >= 11 is 3.27. The molecule has 0 saturated carbocycles. The highest BCUT2D eigenvalue weighted by Gasteiger charge is 2.09. The zero-order valence-electron chi connectivity index (χ0n) is 11.2. The van der Waals surface area contributed by atoms with E-state index in [1.54, 1.807) is 13.0 Å².